The van der Waals surface area contributed by atoms with E-state index in [1.165, 1.54) is 5.56 Å². The molecule has 0 atom stereocenters. The van der Waals surface area contributed by atoms with Gasteiger partial charge in [-0.05, 0) is 64.2 Å². The zero-order valence-corrected chi connectivity index (χ0v) is 18.0. The monoisotopic (exact) mass is 399 g/mol. The third-order valence-corrected chi connectivity index (χ3v) is 6.99. The smallest absolute Gasteiger partial charge is 0.225 e. The molecule has 0 spiro atoms. The van der Waals surface area contributed by atoms with E-state index in [1.54, 1.807) is 0 Å². The molecule has 0 radical (unpaired) electrons. The molecule has 1 aromatic carbocycles. The molecule has 3 aliphatic heterocycles. The van der Waals surface area contributed by atoms with Crippen LogP contribution in [0.15, 0.2) is 30.3 Å². The largest absolute Gasteiger partial charge is 0.375 e. The highest BCUT2D eigenvalue weighted by molar-refractivity contribution is 5.79. The Bertz CT molecular complexity index is 629. The van der Waals surface area contributed by atoms with Gasteiger partial charge in [0.25, 0.3) is 0 Å². The van der Waals surface area contributed by atoms with Crippen molar-refractivity contribution in [3.05, 3.63) is 35.9 Å². The Balaban J connectivity index is 1.15. The number of likely N-dealkylation sites (tertiary alicyclic amines) is 3. The predicted molar refractivity (Wildman–Crippen MR) is 116 cm³/mol. The molecule has 29 heavy (non-hydrogen) atoms. The Kier molecular flexibility index (Phi) is 7.22. The Hall–Kier alpha value is -1.43. The number of piperidine rings is 3. The Morgan fingerprint density at radius 1 is 0.862 bits per heavy atom. The van der Waals surface area contributed by atoms with Crippen LogP contribution >= 0.6 is 0 Å². The van der Waals surface area contributed by atoms with Crippen molar-refractivity contribution in [2.24, 2.45) is 5.92 Å². The number of rotatable bonds is 5. The van der Waals surface area contributed by atoms with Crippen LogP contribution < -0.4 is 0 Å². The number of carbonyl (C=O) groups is 1. The van der Waals surface area contributed by atoms with Gasteiger partial charge in [-0.2, -0.15) is 0 Å². The average molecular weight is 400 g/mol. The third kappa shape index (κ3) is 5.80. The fourth-order valence-corrected chi connectivity index (χ4v) is 5.04. The molecule has 160 valence electrons. The first-order chi connectivity index (χ1) is 14.2. The van der Waals surface area contributed by atoms with Crippen LogP contribution in [0.5, 0.6) is 0 Å². The van der Waals surface area contributed by atoms with Gasteiger partial charge in [-0.25, -0.2) is 0 Å². The topological polar surface area (TPSA) is 36.0 Å². The standard InChI is InChI=1S/C24H37N3O2/c1-25-13-7-21(8-14-25)24(28)27-17-11-23(12-18-27)29-22-9-15-26(16-10-22)19-20-5-3-2-4-6-20/h2-6,21-23H,7-19H2,1H3. The van der Waals surface area contributed by atoms with Gasteiger partial charge in [0.1, 0.15) is 0 Å². The summed E-state index contributed by atoms with van der Waals surface area (Å²) in [5.74, 6) is 0.642. The number of benzene rings is 1. The molecule has 1 aromatic rings. The lowest BCUT2D eigenvalue weighted by Crippen LogP contribution is -2.47. The normalized spacial score (nSPS) is 24.1. The summed E-state index contributed by atoms with van der Waals surface area (Å²) in [7, 11) is 2.15. The lowest BCUT2D eigenvalue weighted by molar-refractivity contribution is -0.140. The van der Waals surface area contributed by atoms with Gasteiger partial charge in [0.2, 0.25) is 5.91 Å². The molecule has 0 bridgehead atoms. The van der Waals surface area contributed by atoms with Gasteiger partial charge in [-0.1, -0.05) is 30.3 Å². The zero-order valence-electron chi connectivity index (χ0n) is 18.0. The molecule has 0 aromatic heterocycles. The predicted octanol–water partition coefficient (Wildman–Crippen LogP) is 3.00. The molecule has 3 saturated heterocycles. The van der Waals surface area contributed by atoms with E-state index in [4.69, 9.17) is 4.74 Å². The van der Waals surface area contributed by atoms with Crippen molar-refractivity contribution in [2.45, 2.75) is 57.3 Å². The first-order valence-corrected chi connectivity index (χ1v) is 11.6. The number of carbonyl (C=O) groups excluding carboxylic acids is 1. The van der Waals surface area contributed by atoms with Crippen molar-refractivity contribution in [1.82, 2.24) is 14.7 Å². The fourth-order valence-electron chi connectivity index (χ4n) is 5.04. The first-order valence-electron chi connectivity index (χ1n) is 11.6. The van der Waals surface area contributed by atoms with E-state index >= 15 is 0 Å². The van der Waals surface area contributed by atoms with Crippen LogP contribution in [0.3, 0.4) is 0 Å². The summed E-state index contributed by atoms with van der Waals surface area (Å²) in [6.07, 6.45) is 7.03. The second-order valence-electron chi connectivity index (χ2n) is 9.20. The number of hydrogen-bond acceptors (Lipinski definition) is 4. The van der Waals surface area contributed by atoms with Gasteiger partial charge in [0, 0.05) is 38.6 Å². The van der Waals surface area contributed by atoms with E-state index in [0.29, 0.717) is 18.1 Å². The average Bonchev–Trinajstić information content (AvgIpc) is 2.76. The van der Waals surface area contributed by atoms with Crippen LogP contribution in [0.1, 0.15) is 44.1 Å². The van der Waals surface area contributed by atoms with E-state index in [-0.39, 0.29) is 5.92 Å². The zero-order chi connectivity index (χ0) is 20.1. The minimum atomic E-state index is 0.248. The maximum Gasteiger partial charge on any atom is 0.225 e. The maximum atomic E-state index is 12.8. The second-order valence-corrected chi connectivity index (χ2v) is 9.20. The molecule has 0 N–H and O–H groups in total. The number of ether oxygens (including phenoxy) is 1. The van der Waals surface area contributed by atoms with Crippen LogP contribution in [-0.4, -0.2) is 79.1 Å². The number of nitrogens with zero attached hydrogens (tertiary/aromatic N) is 3. The quantitative estimate of drug-likeness (QED) is 0.763. The summed E-state index contributed by atoms with van der Waals surface area (Å²) in [6.45, 7) is 7.15. The lowest BCUT2D eigenvalue weighted by Gasteiger charge is -2.39. The molecule has 5 nitrogen and oxygen atoms in total. The maximum absolute atomic E-state index is 12.8. The van der Waals surface area contributed by atoms with Gasteiger partial charge in [0.05, 0.1) is 12.2 Å². The molecule has 0 saturated carbocycles. The molecular weight excluding hydrogens is 362 g/mol. The fraction of sp³-hybridized carbons (Fsp3) is 0.708. The number of amides is 1. The molecule has 3 heterocycles. The van der Waals surface area contributed by atoms with Crippen LogP contribution in [0.4, 0.5) is 0 Å². The first kappa shape index (κ1) is 20.8. The summed E-state index contributed by atoms with van der Waals surface area (Å²) in [5.41, 5.74) is 1.40. The molecule has 5 heteroatoms. The minimum absolute atomic E-state index is 0.248. The van der Waals surface area contributed by atoms with E-state index in [1.807, 2.05) is 0 Å². The molecule has 0 unspecified atom stereocenters. The van der Waals surface area contributed by atoms with Gasteiger partial charge in [-0.15, -0.1) is 0 Å². The molecule has 0 aliphatic carbocycles. The Morgan fingerprint density at radius 2 is 1.45 bits per heavy atom. The van der Waals surface area contributed by atoms with Crippen molar-refractivity contribution < 1.29 is 9.53 Å². The van der Waals surface area contributed by atoms with E-state index in [2.05, 4.69) is 52.1 Å². The highest BCUT2D eigenvalue weighted by Gasteiger charge is 2.31. The summed E-state index contributed by atoms with van der Waals surface area (Å²) >= 11 is 0. The van der Waals surface area contributed by atoms with Crippen molar-refractivity contribution in [2.75, 3.05) is 46.3 Å². The van der Waals surface area contributed by atoms with Crippen LogP contribution in [-0.2, 0) is 16.1 Å². The summed E-state index contributed by atoms with van der Waals surface area (Å²) in [6, 6.07) is 10.7. The van der Waals surface area contributed by atoms with Crippen molar-refractivity contribution in [1.29, 1.82) is 0 Å². The highest BCUT2D eigenvalue weighted by atomic mass is 16.5. The van der Waals surface area contributed by atoms with Gasteiger partial charge in [-0.3, -0.25) is 9.69 Å². The summed E-state index contributed by atoms with van der Waals surface area (Å²) < 4.78 is 6.45. The second kappa shape index (κ2) is 10.1. The minimum Gasteiger partial charge on any atom is -0.375 e. The summed E-state index contributed by atoms with van der Waals surface area (Å²) in [4.78, 5) is 19.8. The van der Waals surface area contributed by atoms with Crippen LogP contribution in [0.25, 0.3) is 0 Å². The van der Waals surface area contributed by atoms with Gasteiger partial charge in [0.15, 0.2) is 0 Å². The highest BCUT2D eigenvalue weighted by Crippen LogP contribution is 2.25. The molecule has 1 amide bonds. The van der Waals surface area contributed by atoms with Crippen LogP contribution in [0, 0.1) is 5.92 Å². The Morgan fingerprint density at radius 3 is 2.07 bits per heavy atom. The van der Waals surface area contributed by atoms with Crippen molar-refractivity contribution in [3.8, 4) is 0 Å². The lowest BCUT2D eigenvalue weighted by atomic mass is 9.94. The molecule has 3 fully saturated rings. The third-order valence-electron chi connectivity index (χ3n) is 6.99. The summed E-state index contributed by atoms with van der Waals surface area (Å²) in [5, 5.41) is 0. The van der Waals surface area contributed by atoms with Gasteiger partial charge < -0.3 is 14.5 Å². The Labute approximate surface area is 176 Å². The molecule has 4 rings (SSSR count). The molecular formula is C24H37N3O2. The number of hydrogen-bond donors (Lipinski definition) is 0. The molecule has 3 aliphatic rings. The van der Waals surface area contributed by atoms with Crippen molar-refractivity contribution in [3.63, 3.8) is 0 Å². The SMILES string of the molecule is CN1CCC(C(=O)N2CCC(OC3CCN(Cc4ccccc4)CC3)CC2)CC1. The van der Waals surface area contributed by atoms with E-state index in [0.717, 1.165) is 84.3 Å². The van der Waals surface area contributed by atoms with Gasteiger partial charge >= 0.3 is 0 Å². The van der Waals surface area contributed by atoms with E-state index in [9.17, 15) is 4.79 Å². The van der Waals surface area contributed by atoms with E-state index < -0.39 is 0 Å². The van der Waals surface area contributed by atoms with Crippen LogP contribution in [0.2, 0.25) is 0 Å². The van der Waals surface area contributed by atoms with Crippen molar-refractivity contribution >= 4 is 5.91 Å².